The molecule has 0 radical (unpaired) electrons. The number of nitrogens with two attached hydrogens (primary N) is 1. The SMILES string of the molecule is COC(=O)c1cc(N)ccc1NN1CCCCC1. The Balaban J connectivity index is 2.17. The molecule has 0 bridgehead atoms. The average molecular weight is 249 g/mol. The molecule has 2 rings (SSSR count). The Bertz CT molecular complexity index is 428. The molecule has 1 aliphatic heterocycles. The normalized spacial score (nSPS) is 16.3. The molecule has 3 N–H and O–H groups in total. The van der Waals surface area contributed by atoms with Gasteiger partial charge in [0.2, 0.25) is 0 Å². The maximum Gasteiger partial charge on any atom is 0.340 e. The molecule has 0 aliphatic carbocycles. The minimum absolute atomic E-state index is 0.373. The average Bonchev–Trinajstić information content (AvgIpc) is 2.41. The second kappa shape index (κ2) is 5.73. The Hall–Kier alpha value is -1.75. The molecule has 1 aromatic rings. The van der Waals surface area contributed by atoms with E-state index in [2.05, 4.69) is 10.4 Å². The van der Waals surface area contributed by atoms with E-state index in [1.54, 1.807) is 12.1 Å². The van der Waals surface area contributed by atoms with Crippen molar-refractivity contribution in [3.05, 3.63) is 23.8 Å². The summed E-state index contributed by atoms with van der Waals surface area (Å²) in [6.45, 7) is 1.98. The molecule has 5 heteroatoms. The fraction of sp³-hybridized carbons (Fsp3) is 0.462. The lowest BCUT2D eigenvalue weighted by Gasteiger charge is -2.28. The minimum Gasteiger partial charge on any atom is -0.465 e. The first-order valence-corrected chi connectivity index (χ1v) is 6.20. The number of nitrogens with one attached hydrogen (secondary N) is 1. The number of methoxy groups -OCH3 is 1. The van der Waals surface area contributed by atoms with Crippen LogP contribution in [0.25, 0.3) is 0 Å². The molecule has 5 nitrogen and oxygen atoms in total. The Morgan fingerprint density at radius 3 is 2.72 bits per heavy atom. The van der Waals surface area contributed by atoms with Crippen LogP contribution in [-0.2, 0) is 4.74 Å². The Morgan fingerprint density at radius 2 is 2.06 bits per heavy atom. The van der Waals surface area contributed by atoms with E-state index < -0.39 is 0 Å². The molecule has 0 unspecified atom stereocenters. The topological polar surface area (TPSA) is 67.6 Å². The van der Waals surface area contributed by atoms with Gasteiger partial charge in [-0.2, -0.15) is 0 Å². The Morgan fingerprint density at radius 1 is 1.33 bits per heavy atom. The van der Waals surface area contributed by atoms with Gasteiger partial charge in [0, 0.05) is 18.8 Å². The lowest BCUT2D eigenvalue weighted by molar-refractivity contribution is 0.0601. The molecule has 1 fully saturated rings. The van der Waals surface area contributed by atoms with Gasteiger partial charge in [-0.1, -0.05) is 6.42 Å². The van der Waals surface area contributed by atoms with E-state index in [0.29, 0.717) is 11.3 Å². The van der Waals surface area contributed by atoms with Crippen molar-refractivity contribution in [1.82, 2.24) is 5.01 Å². The highest BCUT2D eigenvalue weighted by Crippen LogP contribution is 2.21. The predicted molar refractivity (Wildman–Crippen MR) is 71.2 cm³/mol. The molecule has 1 aromatic carbocycles. The molecule has 1 saturated heterocycles. The van der Waals surface area contributed by atoms with Crippen molar-refractivity contribution in [1.29, 1.82) is 0 Å². The summed E-state index contributed by atoms with van der Waals surface area (Å²) in [6, 6.07) is 5.23. The number of benzene rings is 1. The minimum atomic E-state index is -0.373. The molecule has 1 aliphatic rings. The number of hydrogen-bond donors (Lipinski definition) is 2. The third-order valence-corrected chi connectivity index (χ3v) is 3.08. The van der Waals surface area contributed by atoms with Crippen LogP contribution in [0.5, 0.6) is 0 Å². The molecule has 0 spiro atoms. The van der Waals surface area contributed by atoms with Crippen LogP contribution in [-0.4, -0.2) is 31.2 Å². The number of anilines is 2. The summed E-state index contributed by atoms with van der Waals surface area (Å²) >= 11 is 0. The van der Waals surface area contributed by atoms with Crippen molar-refractivity contribution in [2.75, 3.05) is 31.4 Å². The number of rotatable bonds is 3. The number of nitrogen functional groups attached to an aromatic ring is 1. The first-order valence-electron chi connectivity index (χ1n) is 6.20. The molecule has 0 saturated carbocycles. The third kappa shape index (κ3) is 2.92. The van der Waals surface area contributed by atoms with Crippen LogP contribution in [0.1, 0.15) is 29.6 Å². The van der Waals surface area contributed by atoms with E-state index in [1.165, 1.54) is 26.4 Å². The van der Waals surface area contributed by atoms with E-state index in [9.17, 15) is 4.79 Å². The van der Waals surface area contributed by atoms with E-state index >= 15 is 0 Å². The Labute approximate surface area is 107 Å². The number of carbonyl (C=O) groups excluding carboxylic acids is 1. The number of piperidine rings is 1. The van der Waals surface area contributed by atoms with Crippen molar-refractivity contribution >= 4 is 17.3 Å². The van der Waals surface area contributed by atoms with Gasteiger partial charge in [0.15, 0.2) is 0 Å². The molecule has 0 aromatic heterocycles. The van der Waals surface area contributed by atoms with Crippen LogP contribution in [0.15, 0.2) is 18.2 Å². The van der Waals surface area contributed by atoms with Gasteiger partial charge in [0.1, 0.15) is 0 Å². The second-order valence-corrected chi connectivity index (χ2v) is 4.46. The highest BCUT2D eigenvalue weighted by Gasteiger charge is 2.16. The van der Waals surface area contributed by atoms with Crippen LogP contribution < -0.4 is 11.2 Å². The first kappa shape index (κ1) is 12.7. The summed E-state index contributed by atoms with van der Waals surface area (Å²) in [5.74, 6) is -0.373. The van der Waals surface area contributed by atoms with Crippen molar-refractivity contribution in [2.45, 2.75) is 19.3 Å². The molecule has 0 atom stereocenters. The predicted octanol–water partition coefficient (Wildman–Crippen LogP) is 1.87. The molecule has 1 heterocycles. The van der Waals surface area contributed by atoms with Crippen LogP contribution >= 0.6 is 0 Å². The smallest absolute Gasteiger partial charge is 0.340 e. The number of hydrazine groups is 1. The third-order valence-electron chi connectivity index (χ3n) is 3.08. The number of hydrogen-bond acceptors (Lipinski definition) is 5. The maximum atomic E-state index is 11.7. The number of nitrogens with zero attached hydrogens (tertiary/aromatic N) is 1. The van der Waals surface area contributed by atoms with Crippen molar-refractivity contribution in [3.63, 3.8) is 0 Å². The van der Waals surface area contributed by atoms with Gasteiger partial charge in [-0.05, 0) is 31.0 Å². The zero-order chi connectivity index (χ0) is 13.0. The van der Waals surface area contributed by atoms with Gasteiger partial charge >= 0.3 is 5.97 Å². The Kier molecular flexibility index (Phi) is 4.04. The summed E-state index contributed by atoms with van der Waals surface area (Å²) in [5, 5.41) is 2.13. The fourth-order valence-corrected chi connectivity index (χ4v) is 2.11. The summed E-state index contributed by atoms with van der Waals surface area (Å²) in [6.07, 6.45) is 3.62. The first-order chi connectivity index (χ1) is 8.70. The lowest BCUT2D eigenvalue weighted by Crippen LogP contribution is -2.35. The fourth-order valence-electron chi connectivity index (χ4n) is 2.11. The van der Waals surface area contributed by atoms with Crippen molar-refractivity contribution < 1.29 is 9.53 Å². The van der Waals surface area contributed by atoms with Gasteiger partial charge in [-0.25, -0.2) is 9.80 Å². The van der Waals surface area contributed by atoms with E-state index in [-0.39, 0.29) is 5.97 Å². The molecular weight excluding hydrogens is 230 g/mol. The van der Waals surface area contributed by atoms with E-state index in [0.717, 1.165) is 18.8 Å². The zero-order valence-corrected chi connectivity index (χ0v) is 10.6. The van der Waals surface area contributed by atoms with Crippen LogP contribution in [0, 0.1) is 0 Å². The van der Waals surface area contributed by atoms with Gasteiger partial charge in [-0.3, -0.25) is 0 Å². The van der Waals surface area contributed by atoms with Gasteiger partial charge in [0.25, 0.3) is 0 Å². The highest BCUT2D eigenvalue weighted by molar-refractivity contribution is 5.96. The number of ether oxygens (including phenoxy) is 1. The largest absolute Gasteiger partial charge is 0.465 e. The summed E-state index contributed by atoms with van der Waals surface area (Å²) in [5.41, 5.74) is 10.8. The van der Waals surface area contributed by atoms with Gasteiger partial charge in [-0.15, -0.1) is 0 Å². The van der Waals surface area contributed by atoms with Gasteiger partial charge in [0.05, 0.1) is 18.4 Å². The summed E-state index contributed by atoms with van der Waals surface area (Å²) < 4.78 is 4.77. The van der Waals surface area contributed by atoms with Crippen LogP contribution in [0.2, 0.25) is 0 Å². The highest BCUT2D eigenvalue weighted by atomic mass is 16.5. The zero-order valence-electron chi connectivity index (χ0n) is 10.6. The lowest BCUT2D eigenvalue weighted by atomic mass is 10.1. The van der Waals surface area contributed by atoms with Crippen molar-refractivity contribution in [3.8, 4) is 0 Å². The molecule has 18 heavy (non-hydrogen) atoms. The maximum absolute atomic E-state index is 11.7. The molecular formula is C13H19N3O2. The quantitative estimate of drug-likeness (QED) is 0.632. The summed E-state index contributed by atoms with van der Waals surface area (Å²) in [4.78, 5) is 11.7. The van der Waals surface area contributed by atoms with Gasteiger partial charge < -0.3 is 15.9 Å². The van der Waals surface area contributed by atoms with Crippen LogP contribution in [0.3, 0.4) is 0 Å². The number of carbonyl (C=O) groups is 1. The monoisotopic (exact) mass is 249 g/mol. The summed E-state index contributed by atoms with van der Waals surface area (Å²) in [7, 11) is 1.37. The standard InChI is InChI=1S/C13H19N3O2/c1-18-13(17)11-9-10(14)5-6-12(11)15-16-7-3-2-4-8-16/h5-6,9,15H,2-4,7-8,14H2,1H3. The second-order valence-electron chi connectivity index (χ2n) is 4.46. The van der Waals surface area contributed by atoms with E-state index in [4.69, 9.17) is 10.5 Å². The number of esters is 1. The molecule has 0 amide bonds. The van der Waals surface area contributed by atoms with Crippen molar-refractivity contribution in [2.24, 2.45) is 0 Å². The van der Waals surface area contributed by atoms with Crippen LogP contribution in [0.4, 0.5) is 11.4 Å². The van der Waals surface area contributed by atoms with E-state index in [1.807, 2.05) is 6.07 Å². The molecule has 98 valence electrons.